The van der Waals surface area contributed by atoms with Crippen molar-refractivity contribution >= 4 is 38.4 Å². The Balaban J connectivity index is 1.51. The van der Waals surface area contributed by atoms with Crippen LogP contribution in [0.4, 0.5) is 0 Å². The first-order chi connectivity index (χ1) is 13.0. The van der Waals surface area contributed by atoms with Crippen LogP contribution >= 0.6 is 11.8 Å². The molecule has 1 aliphatic carbocycles. The zero-order chi connectivity index (χ0) is 18.9. The number of hydrogen-bond donors (Lipinski definition) is 0. The van der Waals surface area contributed by atoms with Crippen molar-refractivity contribution in [3.63, 3.8) is 0 Å². The molecule has 2 aromatic rings. The van der Waals surface area contributed by atoms with E-state index in [0.29, 0.717) is 12.2 Å². The monoisotopic (exact) mass is 404 g/mol. The minimum absolute atomic E-state index is 0.0647. The van der Waals surface area contributed by atoms with Crippen LogP contribution in [-0.2, 0) is 14.6 Å². The fourth-order valence-corrected chi connectivity index (χ4v) is 6.92. The lowest BCUT2D eigenvalue weighted by Gasteiger charge is -2.34. The predicted octanol–water partition coefficient (Wildman–Crippen LogP) is 3.29. The third kappa shape index (κ3) is 4.14. The Hall–Kier alpha value is -1.60. The van der Waals surface area contributed by atoms with E-state index < -0.39 is 9.84 Å². The van der Waals surface area contributed by atoms with E-state index in [1.807, 2.05) is 35.2 Å². The second-order valence-electron chi connectivity index (χ2n) is 7.41. The Morgan fingerprint density at radius 1 is 1.11 bits per heavy atom. The van der Waals surface area contributed by atoms with Crippen molar-refractivity contribution < 1.29 is 13.2 Å². The van der Waals surface area contributed by atoms with E-state index in [2.05, 4.69) is 4.98 Å². The summed E-state index contributed by atoms with van der Waals surface area (Å²) in [4.78, 5) is 20.5. The SMILES string of the molecule is O=C(CSc1ccnc2ccccc12)N(C1CCCC1)C1CCS(=O)(=O)C1. The zero-order valence-electron chi connectivity index (χ0n) is 15.2. The van der Waals surface area contributed by atoms with Gasteiger partial charge < -0.3 is 4.90 Å². The number of nitrogens with zero attached hydrogens (tertiary/aromatic N) is 2. The first kappa shape index (κ1) is 18.7. The van der Waals surface area contributed by atoms with Gasteiger partial charge >= 0.3 is 0 Å². The van der Waals surface area contributed by atoms with Crippen molar-refractivity contribution in [3.05, 3.63) is 36.5 Å². The standard InChI is InChI=1S/C20H24N2O3S2/c23-20(13-26-19-9-11-21-18-8-4-3-7-17(18)19)22(15-5-1-2-6-15)16-10-12-27(24,25)14-16/h3-4,7-9,11,15-16H,1-2,5-6,10,12-14H2. The number of fused-ring (bicyclic) bond motifs is 1. The van der Waals surface area contributed by atoms with E-state index >= 15 is 0 Å². The molecule has 1 aromatic carbocycles. The zero-order valence-corrected chi connectivity index (χ0v) is 16.8. The number of thioether (sulfide) groups is 1. The van der Waals surface area contributed by atoms with Crippen LogP contribution in [0.25, 0.3) is 10.9 Å². The van der Waals surface area contributed by atoms with Crippen molar-refractivity contribution in [1.82, 2.24) is 9.88 Å². The van der Waals surface area contributed by atoms with Crippen LogP contribution < -0.4 is 0 Å². The highest BCUT2D eigenvalue weighted by molar-refractivity contribution is 8.00. The molecule has 1 atom stereocenters. The number of benzene rings is 1. The fraction of sp³-hybridized carbons (Fsp3) is 0.500. The van der Waals surface area contributed by atoms with Gasteiger partial charge in [-0.1, -0.05) is 31.0 Å². The van der Waals surface area contributed by atoms with E-state index in [1.165, 1.54) is 11.8 Å². The van der Waals surface area contributed by atoms with E-state index in [4.69, 9.17) is 0 Å². The molecule has 5 nitrogen and oxygen atoms in total. The van der Waals surface area contributed by atoms with Crippen molar-refractivity contribution in [1.29, 1.82) is 0 Å². The number of hydrogen-bond acceptors (Lipinski definition) is 5. The van der Waals surface area contributed by atoms with Crippen LogP contribution in [0, 0.1) is 0 Å². The first-order valence-corrected chi connectivity index (χ1v) is 12.3. The summed E-state index contributed by atoms with van der Waals surface area (Å²) >= 11 is 1.52. The lowest BCUT2D eigenvalue weighted by atomic mass is 10.1. The van der Waals surface area contributed by atoms with Crippen LogP contribution in [0.1, 0.15) is 32.1 Å². The average molecular weight is 405 g/mol. The molecule has 2 aliphatic rings. The molecule has 1 aliphatic heterocycles. The van der Waals surface area contributed by atoms with Gasteiger partial charge in [-0.15, -0.1) is 11.8 Å². The van der Waals surface area contributed by atoms with Gasteiger partial charge in [-0.3, -0.25) is 9.78 Å². The molecule has 7 heteroatoms. The van der Waals surface area contributed by atoms with Crippen molar-refractivity contribution in [2.24, 2.45) is 0 Å². The minimum atomic E-state index is -3.01. The number of carbonyl (C=O) groups is 1. The predicted molar refractivity (Wildman–Crippen MR) is 109 cm³/mol. The Morgan fingerprint density at radius 3 is 2.63 bits per heavy atom. The van der Waals surface area contributed by atoms with Gasteiger partial charge in [0.15, 0.2) is 9.84 Å². The lowest BCUT2D eigenvalue weighted by Crippen LogP contribution is -2.47. The maximum atomic E-state index is 13.1. The number of pyridine rings is 1. The highest BCUT2D eigenvalue weighted by Gasteiger charge is 2.38. The van der Waals surface area contributed by atoms with Crippen LogP contribution in [0.15, 0.2) is 41.4 Å². The molecule has 4 rings (SSSR count). The van der Waals surface area contributed by atoms with Gasteiger partial charge in [-0.05, 0) is 31.4 Å². The molecule has 0 N–H and O–H groups in total. The second-order valence-corrected chi connectivity index (χ2v) is 10.7. The second kappa shape index (κ2) is 7.80. The normalized spacial score (nSPS) is 22.3. The van der Waals surface area contributed by atoms with Gasteiger partial charge in [-0.25, -0.2) is 8.42 Å². The van der Waals surface area contributed by atoms with Crippen molar-refractivity contribution in [2.75, 3.05) is 17.3 Å². The van der Waals surface area contributed by atoms with Gasteiger partial charge in [0, 0.05) is 28.6 Å². The number of para-hydroxylation sites is 1. The maximum Gasteiger partial charge on any atom is 0.233 e. The summed E-state index contributed by atoms with van der Waals surface area (Å²) in [5.41, 5.74) is 0.921. The highest BCUT2D eigenvalue weighted by Crippen LogP contribution is 2.31. The van der Waals surface area contributed by atoms with E-state index in [-0.39, 0.29) is 29.5 Å². The van der Waals surface area contributed by atoms with E-state index in [0.717, 1.165) is 41.5 Å². The first-order valence-electron chi connectivity index (χ1n) is 9.52. The molecule has 0 spiro atoms. The Kier molecular flexibility index (Phi) is 5.41. The molecule has 1 saturated carbocycles. The molecular formula is C20H24N2O3S2. The Morgan fingerprint density at radius 2 is 1.89 bits per heavy atom. The number of rotatable bonds is 5. The average Bonchev–Trinajstić information content (AvgIpc) is 3.30. The molecule has 144 valence electrons. The Labute approximate surface area is 164 Å². The molecule has 1 aromatic heterocycles. The van der Waals surface area contributed by atoms with Crippen LogP contribution in [0.2, 0.25) is 0 Å². The number of carbonyl (C=O) groups excluding carboxylic acids is 1. The van der Waals surface area contributed by atoms with E-state index in [1.54, 1.807) is 6.20 Å². The summed E-state index contributed by atoms with van der Waals surface area (Å²) in [6.45, 7) is 0. The van der Waals surface area contributed by atoms with Gasteiger partial charge in [0.2, 0.25) is 5.91 Å². The fourth-order valence-electron chi connectivity index (χ4n) is 4.29. The third-order valence-electron chi connectivity index (χ3n) is 5.57. The molecule has 0 radical (unpaired) electrons. The van der Waals surface area contributed by atoms with E-state index in [9.17, 15) is 13.2 Å². The number of amides is 1. The Bertz CT molecular complexity index is 934. The molecule has 2 fully saturated rings. The van der Waals surface area contributed by atoms with Gasteiger partial charge in [0.25, 0.3) is 0 Å². The molecule has 27 heavy (non-hydrogen) atoms. The third-order valence-corrected chi connectivity index (χ3v) is 8.38. The van der Waals surface area contributed by atoms with Crippen LogP contribution in [-0.4, -0.2) is 53.6 Å². The largest absolute Gasteiger partial charge is 0.335 e. The molecule has 1 amide bonds. The summed E-state index contributed by atoms with van der Waals surface area (Å²) in [7, 11) is -3.01. The van der Waals surface area contributed by atoms with Gasteiger partial charge in [0.05, 0.1) is 22.8 Å². The van der Waals surface area contributed by atoms with Gasteiger partial charge in [0.1, 0.15) is 0 Å². The summed E-state index contributed by atoms with van der Waals surface area (Å²) < 4.78 is 23.9. The summed E-state index contributed by atoms with van der Waals surface area (Å²) in [6.07, 6.45) is 6.57. The highest BCUT2D eigenvalue weighted by atomic mass is 32.2. The van der Waals surface area contributed by atoms with Crippen LogP contribution in [0.5, 0.6) is 0 Å². The molecule has 0 bridgehead atoms. The molecular weight excluding hydrogens is 380 g/mol. The topological polar surface area (TPSA) is 67.3 Å². The quantitative estimate of drug-likeness (QED) is 0.716. The summed E-state index contributed by atoms with van der Waals surface area (Å²) in [5, 5.41) is 1.05. The minimum Gasteiger partial charge on any atom is -0.335 e. The smallest absolute Gasteiger partial charge is 0.233 e. The lowest BCUT2D eigenvalue weighted by molar-refractivity contribution is -0.132. The molecule has 1 saturated heterocycles. The van der Waals surface area contributed by atoms with Crippen LogP contribution in [0.3, 0.4) is 0 Å². The van der Waals surface area contributed by atoms with Crippen molar-refractivity contribution in [3.8, 4) is 0 Å². The molecule has 2 heterocycles. The maximum absolute atomic E-state index is 13.1. The summed E-state index contributed by atoms with van der Waals surface area (Å²) in [5.74, 6) is 0.727. The van der Waals surface area contributed by atoms with Gasteiger partial charge in [-0.2, -0.15) is 0 Å². The summed E-state index contributed by atoms with van der Waals surface area (Å²) in [6, 6.07) is 9.91. The number of aromatic nitrogens is 1. The molecule has 1 unspecified atom stereocenters. The number of sulfone groups is 1. The van der Waals surface area contributed by atoms with Crippen molar-refractivity contribution in [2.45, 2.75) is 49.1 Å².